The highest BCUT2D eigenvalue weighted by atomic mass is 16.5. The molecule has 1 atom stereocenters. The van der Waals surface area contributed by atoms with Crippen molar-refractivity contribution < 1.29 is 28.2 Å². The lowest BCUT2D eigenvalue weighted by atomic mass is 10.1. The summed E-state index contributed by atoms with van der Waals surface area (Å²) in [5, 5.41) is 3.24. The minimum absolute atomic E-state index is 0.0244. The van der Waals surface area contributed by atoms with E-state index in [1.807, 2.05) is 0 Å². The molecule has 1 aliphatic heterocycles. The Morgan fingerprint density at radius 2 is 2.00 bits per heavy atom. The molecule has 0 radical (unpaired) electrons. The molecule has 4 rings (SSSR count). The Bertz CT molecular complexity index is 1190. The Morgan fingerprint density at radius 1 is 1.16 bits per heavy atom. The van der Waals surface area contributed by atoms with Crippen LogP contribution < -0.4 is 15.7 Å². The van der Waals surface area contributed by atoms with Crippen molar-refractivity contribution >= 4 is 28.5 Å². The number of anilines is 1. The third-order valence-electron chi connectivity index (χ3n) is 5.07. The second-order valence-electron chi connectivity index (χ2n) is 7.50. The van der Waals surface area contributed by atoms with Gasteiger partial charge in [-0.05, 0) is 37.1 Å². The van der Waals surface area contributed by atoms with Crippen LogP contribution in [0.4, 0.5) is 5.69 Å². The topological polar surface area (TPSA) is 104 Å². The van der Waals surface area contributed by atoms with Crippen molar-refractivity contribution in [3.05, 3.63) is 70.1 Å². The Balaban J connectivity index is 1.49. The first kappa shape index (κ1) is 21.6. The highest BCUT2D eigenvalue weighted by Crippen LogP contribution is 2.24. The highest BCUT2D eigenvalue weighted by molar-refractivity contribution is 5.93. The maximum atomic E-state index is 12.7. The number of carbonyl (C=O) groups is 2. The maximum absolute atomic E-state index is 12.7. The molecule has 0 saturated carbocycles. The van der Waals surface area contributed by atoms with E-state index in [0.29, 0.717) is 34.6 Å². The van der Waals surface area contributed by atoms with Crippen LogP contribution in [0.5, 0.6) is 5.75 Å². The lowest BCUT2D eigenvalue weighted by molar-refractivity contribution is -0.114. The van der Waals surface area contributed by atoms with Crippen molar-refractivity contribution in [1.29, 1.82) is 0 Å². The third-order valence-corrected chi connectivity index (χ3v) is 5.07. The molecule has 0 unspecified atom stereocenters. The Labute approximate surface area is 184 Å². The van der Waals surface area contributed by atoms with Gasteiger partial charge in [-0.2, -0.15) is 0 Å². The molecular formula is C24H23NO7. The van der Waals surface area contributed by atoms with E-state index in [9.17, 15) is 14.4 Å². The lowest BCUT2D eigenvalue weighted by Crippen LogP contribution is -2.18. The summed E-state index contributed by atoms with van der Waals surface area (Å²) in [6.07, 6.45) is 1.96. The number of fused-ring (bicyclic) bond motifs is 1. The monoisotopic (exact) mass is 437 g/mol. The Morgan fingerprint density at radius 3 is 2.78 bits per heavy atom. The van der Waals surface area contributed by atoms with Crippen LogP contribution in [0, 0.1) is 0 Å². The van der Waals surface area contributed by atoms with Crippen LogP contribution in [0.1, 0.15) is 35.7 Å². The number of hydrogen-bond acceptors (Lipinski definition) is 7. The van der Waals surface area contributed by atoms with Gasteiger partial charge < -0.3 is 23.9 Å². The lowest BCUT2D eigenvalue weighted by Gasteiger charge is -2.14. The van der Waals surface area contributed by atoms with Gasteiger partial charge in [-0.1, -0.05) is 12.1 Å². The molecule has 1 aliphatic rings. The summed E-state index contributed by atoms with van der Waals surface area (Å²) in [6, 6.07) is 13.1. The van der Waals surface area contributed by atoms with Crippen molar-refractivity contribution in [1.82, 2.24) is 0 Å². The van der Waals surface area contributed by atoms with Gasteiger partial charge in [-0.3, -0.25) is 4.79 Å². The van der Waals surface area contributed by atoms with Crippen LogP contribution in [0.2, 0.25) is 0 Å². The van der Waals surface area contributed by atoms with Gasteiger partial charge in [0.2, 0.25) is 5.91 Å². The molecule has 32 heavy (non-hydrogen) atoms. The van der Waals surface area contributed by atoms with Gasteiger partial charge in [-0.15, -0.1) is 0 Å². The molecule has 8 nitrogen and oxygen atoms in total. The van der Waals surface area contributed by atoms with Gasteiger partial charge in [0, 0.05) is 42.3 Å². The van der Waals surface area contributed by atoms with Crippen molar-refractivity contribution in [2.45, 2.75) is 32.5 Å². The second kappa shape index (κ2) is 9.65. The van der Waals surface area contributed by atoms with E-state index >= 15 is 0 Å². The number of esters is 1. The summed E-state index contributed by atoms with van der Waals surface area (Å²) in [6.45, 7) is 2.35. The largest absolute Gasteiger partial charge is 0.490 e. The summed E-state index contributed by atoms with van der Waals surface area (Å²) in [7, 11) is 0. The van der Waals surface area contributed by atoms with Crippen molar-refractivity contribution in [3.8, 4) is 5.75 Å². The van der Waals surface area contributed by atoms with Crippen LogP contribution in [0.3, 0.4) is 0 Å². The number of ether oxygens (including phenoxy) is 3. The number of hydrogen-bond donors (Lipinski definition) is 1. The molecule has 3 aromatic rings. The van der Waals surface area contributed by atoms with Gasteiger partial charge in [-0.25, -0.2) is 9.59 Å². The minimum atomic E-state index is -0.580. The van der Waals surface area contributed by atoms with E-state index in [0.717, 1.165) is 19.4 Å². The molecule has 2 aromatic carbocycles. The van der Waals surface area contributed by atoms with Crippen LogP contribution in [-0.4, -0.2) is 31.2 Å². The zero-order valence-corrected chi connectivity index (χ0v) is 17.6. The number of rotatable bonds is 7. The van der Waals surface area contributed by atoms with Crippen LogP contribution >= 0.6 is 0 Å². The molecule has 1 aromatic heterocycles. The summed E-state index contributed by atoms with van der Waals surface area (Å²) in [4.78, 5) is 36.0. The average molecular weight is 437 g/mol. The number of para-hydroxylation sites is 1. The zero-order chi connectivity index (χ0) is 22.5. The average Bonchev–Trinajstić information content (AvgIpc) is 3.29. The molecule has 0 aliphatic carbocycles. The minimum Gasteiger partial charge on any atom is -0.490 e. The number of carbonyl (C=O) groups excluding carboxylic acids is 2. The van der Waals surface area contributed by atoms with Gasteiger partial charge in [0.25, 0.3) is 0 Å². The van der Waals surface area contributed by atoms with Crippen molar-refractivity contribution in [2.24, 2.45) is 0 Å². The first-order chi connectivity index (χ1) is 15.5. The third kappa shape index (κ3) is 5.15. The van der Waals surface area contributed by atoms with Gasteiger partial charge in [0.1, 0.15) is 30.1 Å². The number of benzene rings is 2. The molecule has 1 N–H and O–H groups in total. The first-order valence-corrected chi connectivity index (χ1v) is 10.3. The van der Waals surface area contributed by atoms with E-state index in [2.05, 4.69) is 5.32 Å². The van der Waals surface area contributed by atoms with E-state index < -0.39 is 11.6 Å². The Hall–Kier alpha value is -3.65. The second-order valence-corrected chi connectivity index (χ2v) is 7.50. The molecule has 1 saturated heterocycles. The first-order valence-electron chi connectivity index (χ1n) is 10.3. The van der Waals surface area contributed by atoms with E-state index in [4.69, 9.17) is 18.6 Å². The van der Waals surface area contributed by atoms with Gasteiger partial charge in [0.15, 0.2) is 0 Å². The Kier molecular flexibility index (Phi) is 6.51. The summed E-state index contributed by atoms with van der Waals surface area (Å²) in [5.41, 5.74) is 1.00. The van der Waals surface area contributed by atoms with Gasteiger partial charge in [0.05, 0.1) is 6.10 Å². The van der Waals surface area contributed by atoms with E-state index in [-0.39, 0.29) is 24.2 Å². The fourth-order valence-corrected chi connectivity index (χ4v) is 3.57. The SMILES string of the molecule is CC(=O)Nc1ccc2c(COC(=O)c3ccccc3OC[C@H]3CCCO3)cc(=O)oc2c1. The molecule has 0 bridgehead atoms. The molecular weight excluding hydrogens is 414 g/mol. The summed E-state index contributed by atoms with van der Waals surface area (Å²) < 4.78 is 22.1. The molecule has 8 heteroatoms. The smallest absolute Gasteiger partial charge is 0.342 e. The van der Waals surface area contributed by atoms with Gasteiger partial charge >= 0.3 is 11.6 Å². The highest BCUT2D eigenvalue weighted by Gasteiger charge is 2.19. The standard InChI is InChI=1S/C24H23NO7/c1-15(26)25-17-8-9-19-16(11-23(27)32-22(19)12-17)13-31-24(28)20-6-2-3-7-21(20)30-14-18-5-4-10-29-18/h2-3,6-9,11-12,18H,4-5,10,13-14H2,1H3,(H,25,26)/t18-/m1/s1. The predicted octanol–water partition coefficient (Wildman–Crippen LogP) is 3.67. The molecule has 1 fully saturated rings. The van der Waals surface area contributed by atoms with E-state index in [1.165, 1.54) is 13.0 Å². The fraction of sp³-hybridized carbons (Fsp3) is 0.292. The fourth-order valence-electron chi connectivity index (χ4n) is 3.57. The van der Waals surface area contributed by atoms with Crippen LogP contribution in [0.25, 0.3) is 11.0 Å². The maximum Gasteiger partial charge on any atom is 0.342 e. The zero-order valence-electron chi connectivity index (χ0n) is 17.6. The predicted molar refractivity (Wildman–Crippen MR) is 117 cm³/mol. The van der Waals surface area contributed by atoms with Crippen molar-refractivity contribution in [2.75, 3.05) is 18.5 Å². The number of nitrogens with one attached hydrogen (secondary N) is 1. The molecule has 166 valence electrons. The van der Waals surface area contributed by atoms with E-state index in [1.54, 1.807) is 42.5 Å². The normalized spacial score (nSPS) is 15.5. The van der Waals surface area contributed by atoms with Crippen LogP contribution in [-0.2, 0) is 20.9 Å². The summed E-state index contributed by atoms with van der Waals surface area (Å²) >= 11 is 0. The molecule has 1 amide bonds. The number of amides is 1. The van der Waals surface area contributed by atoms with Crippen molar-refractivity contribution in [3.63, 3.8) is 0 Å². The quantitative estimate of drug-likeness (QED) is 0.444. The molecule has 0 spiro atoms. The van der Waals surface area contributed by atoms with Crippen LogP contribution in [0.15, 0.2) is 57.7 Å². The summed E-state index contributed by atoms with van der Waals surface area (Å²) in [5.74, 6) is -0.383. The molecule has 2 heterocycles.